The minimum Gasteiger partial charge on any atom is -0.0616 e. The van der Waals surface area contributed by atoms with Crippen LogP contribution in [0.15, 0.2) is 170 Å². The van der Waals surface area contributed by atoms with Gasteiger partial charge in [0.15, 0.2) is 0 Å². The molecular formula is C48H28. The van der Waals surface area contributed by atoms with Crippen LogP contribution >= 0.6 is 0 Å². The van der Waals surface area contributed by atoms with Crippen LogP contribution in [0.2, 0.25) is 0 Å². The number of hydrogen-bond donors (Lipinski definition) is 0. The molecule has 220 valence electrons. The Hall–Kier alpha value is -6.24. The summed E-state index contributed by atoms with van der Waals surface area (Å²) in [6.45, 7) is 0. The van der Waals surface area contributed by atoms with Gasteiger partial charge in [0.05, 0.1) is 0 Å². The lowest BCUT2D eigenvalue weighted by molar-refractivity contribution is 1.71. The Kier molecular flexibility index (Phi) is 5.20. The smallest absolute Gasteiger partial charge is 0.00986 e. The topological polar surface area (TPSA) is 0 Å². The Balaban J connectivity index is 1.15. The summed E-state index contributed by atoms with van der Waals surface area (Å²) >= 11 is 0. The molecule has 0 aliphatic rings. The molecule has 0 amide bonds. The molecule has 0 radical (unpaired) electrons. The molecule has 0 aliphatic heterocycles. The van der Waals surface area contributed by atoms with Crippen LogP contribution in [0, 0.1) is 0 Å². The van der Waals surface area contributed by atoms with Gasteiger partial charge in [-0.1, -0.05) is 97.1 Å². The van der Waals surface area contributed by atoms with E-state index < -0.39 is 0 Å². The largest absolute Gasteiger partial charge is 0.0616 e. The van der Waals surface area contributed by atoms with Crippen LogP contribution in [-0.4, -0.2) is 0 Å². The second kappa shape index (κ2) is 9.64. The van der Waals surface area contributed by atoms with E-state index in [1.807, 2.05) is 0 Å². The summed E-state index contributed by atoms with van der Waals surface area (Å²) in [5.41, 5.74) is 2.55. The summed E-state index contributed by atoms with van der Waals surface area (Å²) in [6.07, 6.45) is 0. The van der Waals surface area contributed by atoms with E-state index in [0.717, 1.165) is 0 Å². The standard InChI is InChI=1S/C48H28/c1-2-9-31-19-39-25-42-26-45-34(22-40(42)24-38(39)18-30(31)8-1)12-6-13-43(45)44-14-5-11-33-21-35-15-16-36-23-37-17-29-7-3-4-10-32(29)20-41(37)27-46(36)48(35)28-47(33)44/h1-28H. The van der Waals surface area contributed by atoms with Crippen LogP contribution in [0.1, 0.15) is 0 Å². The molecule has 0 saturated carbocycles. The van der Waals surface area contributed by atoms with E-state index >= 15 is 0 Å². The van der Waals surface area contributed by atoms with Gasteiger partial charge in [0, 0.05) is 0 Å². The summed E-state index contributed by atoms with van der Waals surface area (Å²) in [7, 11) is 0. The van der Waals surface area contributed by atoms with Gasteiger partial charge in [-0.05, 0) is 181 Å². The molecule has 0 bridgehead atoms. The SMILES string of the molecule is c1ccc2cc3cc4cc5c(-c6cccc7cc8ccc9cc%10cc%11ccccc%11cc%10cc9c8cc67)cccc5cc4cc3cc2c1. The monoisotopic (exact) mass is 604 g/mol. The van der Waals surface area contributed by atoms with Gasteiger partial charge in [0.25, 0.3) is 0 Å². The van der Waals surface area contributed by atoms with Gasteiger partial charge in [-0.15, -0.1) is 0 Å². The van der Waals surface area contributed by atoms with Gasteiger partial charge >= 0.3 is 0 Å². The van der Waals surface area contributed by atoms with E-state index in [0.29, 0.717) is 0 Å². The zero-order valence-electron chi connectivity index (χ0n) is 26.2. The summed E-state index contributed by atoms with van der Waals surface area (Å²) in [4.78, 5) is 0. The maximum absolute atomic E-state index is 2.44. The molecule has 0 aromatic heterocycles. The van der Waals surface area contributed by atoms with E-state index in [1.165, 1.54) is 108 Å². The number of benzene rings is 11. The van der Waals surface area contributed by atoms with E-state index in [-0.39, 0.29) is 0 Å². The minimum atomic E-state index is 1.27. The predicted molar refractivity (Wildman–Crippen MR) is 209 cm³/mol. The lowest BCUT2D eigenvalue weighted by Crippen LogP contribution is -1.87. The summed E-state index contributed by atoms with van der Waals surface area (Å²) in [6, 6.07) is 63.7. The fourth-order valence-corrected chi connectivity index (χ4v) is 8.21. The molecule has 0 spiro atoms. The maximum atomic E-state index is 2.44. The molecular weight excluding hydrogens is 577 g/mol. The summed E-state index contributed by atoms with van der Waals surface area (Å²) < 4.78 is 0. The lowest BCUT2D eigenvalue weighted by Gasteiger charge is -2.14. The van der Waals surface area contributed by atoms with Crippen molar-refractivity contribution in [2.45, 2.75) is 0 Å². The molecule has 0 heterocycles. The molecule has 0 saturated heterocycles. The van der Waals surface area contributed by atoms with Crippen LogP contribution in [0.3, 0.4) is 0 Å². The first-order valence-corrected chi connectivity index (χ1v) is 16.7. The highest BCUT2D eigenvalue weighted by Gasteiger charge is 2.13. The van der Waals surface area contributed by atoms with Crippen LogP contribution < -0.4 is 0 Å². The minimum absolute atomic E-state index is 1.27. The molecule has 0 aliphatic carbocycles. The van der Waals surface area contributed by atoms with Crippen LogP contribution in [0.5, 0.6) is 0 Å². The molecule has 0 N–H and O–H groups in total. The van der Waals surface area contributed by atoms with E-state index in [9.17, 15) is 0 Å². The Bertz CT molecular complexity index is 3160. The summed E-state index contributed by atoms with van der Waals surface area (Å²) in [5.74, 6) is 0. The van der Waals surface area contributed by atoms with Crippen molar-refractivity contribution in [2.75, 3.05) is 0 Å². The highest BCUT2D eigenvalue weighted by Crippen LogP contribution is 2.40. The number of hydrogen-bond acceptors (Lipinski definition) is 0. The van der Waals surface area contributed by atoms with Crippen molar-refractivity contribution in [1.82, 2.24) is 0 Å². The van der Waals surface area contributed by atoms with Crippen molar-refractivity contribution < 1.29 is 0 Å². The van der Waals surface area contributed by atoms with E-state index in [2.05, 4.69) is 170 Å². The van der Waals surface area contributed by atoms with Crippen LogP contribution in [0.4, 0.5) is 0 Å². The third-order valence-corrected chi connectivity index (χ3v) is 10.6. The van der Waals surface area contributed by atoms with Gasteiger partial charge in [-0.25, -0.2) is 0 Å². The molecule has 11 aromatic carbocycles. The second-order valence-electron chi connectivity index (χ2n) is 13.4. The van der Waals surface area contributed by atoms with E-state index in [1.54, 1.807) is 0 Å². The van der Waals surface area contributed by atoms with Gasteiger partial charge in [-0.2, -0.15) is 0 Å². The molecule has 0 heteroatoms. The van der Waals surface area contributed by atoms with Crippen molar-refractivity contribution in [3.05, 3.63) is 170 Å². The normalized spacial score (nSPS) is 12.2. The Morgan fingerprint density at radius 1 is 0.167 bits per heavy atom. The zero-order valence-corrected chi connectivity index (χ0v) is 26.2. The number of rotatable bonds is 1. The third-order valence-electron chi connectivity index (χ3n) is 10.6. The van der Waals surface area contributed by atoms with Crippen molar-refractivity contribution in [3.8, 4) is 11.1 Å². The Morgan fingerprint density at radius 3 is 0.938 bits per heavy atom. The van der Waals surface area contributed by atoms with Crippen molar-refractivity contribution in [1.29, 1.82) is 0 Å². The number of fused-ring (bicyclic) bond motifs is 10. The lowest BCUT2D eigenvalue weighted by atomic mass is 9.90. The first-order chi connectivity index (χ1) is 23.7. The first kappa shape index (κ1) is 25.9. The first-order valence-electron chi connectivity index (χ1n) is 16.7. The Morgan fingerprint density at radius 2 is 0.458 bits per heavy atom. The molecule has 11 rings (SSSR count). The average molecular weight is 605 g/mol. The Labute approximate surface area is 277 Å². The highest BCUT2D eigenvalue weighted by molar-refractivity contribution is 6.19. The zero-order chi connectivity index (χ0) is 31.3. The molecule has 0 unspecified atom stereocenters. The van der Waals surface area contributed by atoms with Crippen LogP contribution in [-0.2, 0) is 0 Å². The van der Waals surface area contributed by atoms with Crippen molar-refractivity contribution in [2.24, 2.45) is 0 Å². The second-order valence-corrected chi connectivity index (χ2v) is 13.4. The molecule has 48 heavy (non-hydrogen) atoms. The van der Waals surface area contributed by atoms with Gasteiger partial charge in [0.2, 0.25) is 0 Å². The fraction of sp³-hybridized carbons (Fsp3) is 0. The van der Waals surface area contributed by atoms with Crippen molar-refractivity contribution in [3.63, 3.8) is 0 Å². The average Bonchev–Trinajstić information content (AvgIpc) is 3.12. The highest BCUT2D eigenvalue weighted by atomic mass is 14.2. The van der Waals surface area contributed by atoms with Gasteiger partial charge in [0.1, 0.15) is 0 Å². The maximum Gasteiger partial charge on any atom is -0.00986 e. The third kappa shape index (κ3) is 3.84. The van der Waals surface area contributed by atoms with Gasteiger partial charge < -0.3 is 0 Å². The molecule has 0 atom stereocenters. The van der Waals surface area contributed by atoms with E-state index in [4.69, 9.17) is 0 Å². The molecule has 0 fully saturated rings. The van der Waals surface area contributed by atoms with Gasteiger partial charge in [-0.3, -0.25) is 0 Å². The fourth-order valence-electron chi connectivity index (χ4n) is 8.21. The summed E-state index contributed by atoms with van der Waals surface area (Å²) in [5, 5.41) is 23.1. The quantitative estimate of drug-likeness (QED) is 0.129. The molecule has 0 nitrogen and oxygen atoms in total. The van der Waals surface area contributed by atoms with Crippen molar-refractivity contribution >= 4 is 97.0 Å². The predicted octanol–water partition coefficient (Wildman–Crippen LogP) is 13.7. The molecule has 11 aromatic rings. The van der Waals surface area contributed by atoms with Crippen LogP contribution in [0.25, 0.3) is 108 Å².